The first-order valence-electron chi connectivity index (χ1n) is 11.0. The van der Waals surface area contributed by atoms with Gasteiger partial charge in [-0.15, -0.1) is 11.3 Å². The van der Waals surface area contributed by atoms with Gasteiger partial charge in [-0.05, 0) is 55.3 Å². The molecule has 0 saturated carbocycles. The van der Waals surface area contributed by atoms with Gasteiger partial charge in [-0.1, -0.05) is 18.2 Å². The molecule has 1 atom stereocenters. The SMILES string of the molecule is Cc1ccc(C)c(S(=O)(=O)N2CCN(C(=O)[C@@H]3CCCN(C(=O)c4cccs4)C3)CC2)c1. The Hall–Kier alpha value is -2.23. The second kappa shape index (κ2) is 9.33. The van der Waals surface area contributed by atoms with Crippen LogP contribution in [0.2, 0.25) is 0 Å². The van der Waals surface area contributed by atoms with Crippen molar-refractivity contribution in [1.82, 2.24) is 14.1 Å². The number of carbonyl (C=O) groups excluding carboxylic acids is 2. The van der Waals surface area contributed by atoms with E-state index in [4.69, 9.17) is 0 Å². The third kappa shape index (κ3) is 4.60. The van der Waals surface area contributed by atoms with Gasteiger partial charge in [-0.25, -0.2) is 8.42 Å². The summed E-state index contributed by atoms with van der Waals surface area (Å²) in [6.45, 7) is 6.09. The van der Waals surface area contributed by atoms with Crippen molar-refractivity contribution < 1.29 is 18.0 Å². The molecule has 3 heterocycles. The average Bonchev–Trinajstić information content (AvgIpc) is 3.35. The number of piperidine rings is 1. The molecule has 0 spiro atoms. The second-order valence-electron chi connectivity index (χ2n) is 8.57. The summed E-state index contributed by atoms with van der Waals surface area (Å²) >= 11 is 1.42. The van der Waals surface area contributed by atoms with Gasteiger partial charge in [0.2, 0.25) is 15.9 Å². The van der Waals surface area contributed by atoms with E-state index in [1.165, 1.54) is 15.6 Å². The summed E-state index contributed by atoms with van der Waals surface area (Å²) < 4.78 is 27.8. The molecule has 172 valence electrons. The predicted octanol–water partition coefficient (Wildman–Crippen LogP) is 2.75. The number of piperazine rings is 1. The third-order valence-electron chi connectivity index (χ3n) is 6.30. The molecule has 2 aliphatic heterocycles. The quantitative estimate of drug-likeness (QED) is 0.681. The molecular formula is C23H29N3O4S2. The van der Waals surface area contributed by atoms with Crippen molar-refractivity contribution in [2.45, 2.75) is 31.6 Å². The molecule has 0 N–H and O–H groups in total. The minimum atomic E-state index is -3.59. The standard InChI is InChI=1S/C23H29N3O4S2/c1-17-7-8-18(2)21(15-17)32(29,30)26-12-10-24(11-13-26)22(27)19-5-3-9-25(16-19)23(28)20-6-4-14-31-20/h4,6-8,14-15,19H,3,5,9-13,16H2,1-2H3/t19-/m1/s1. The van der Waals surface area contributed by atoms with Crippen molar-refractivity contribution in [3.8, 4) is 0 Å². The van der Waals surface area contributed by atoms with Gasteiger partial charge < -0.3 is 9.80 Å². The lowest BCUT2D eigenvalue weighted by atomic mass is 9.96. The van der Waals surface area contributed by atoms with Crippen molar-refractivity contribution >= 4 is 33.2 Å². The lowest BCUT2D eigenvalue weighted by Gasteiger charge is -2.38. The fraction of sp³-hybridized carbons (Fsp3) is 0.478. The Balaban J connectivity index is 1.38. The van der Waals surface area contributed by atoms with Crippen molar-refractivity contribution in [2.24, 2.45) is 5.92 Å². The molecule has 0 aliphatic carbocycles. The van der Waals surface area contributed by atoms with Crippen LogP contribution in [0.25, 0.3) is 0 Å². The number of hydrogen-bond acceptors (Lipinski definition) is 5. The molecule has 1 aromatic heterocycles. The van der Waals surface area contributed by atoms with E-state index in [1.807, 2.05) is 36.6 Å². The molecule has 2 saturated heterocycles. The van der Waals surface area contributed by atoms with Crippen LogP contribution in [0.15, 0.2) is 40.6 Å². The summed E-state index contributed by atoms with van der Waals surface area (Å²) in [5.41, 5.74) is 1.63. The van der Waals surface area contributed by atoms with E-state index < -0.39 is 10.0 Å². The highest BCUT2D eigenvalue weighted by Crippen LogP contribution is 2.25. The normalized spacial score (nSPS) is 20.4. The summed E-state index contributed by atoms with van der Waals surface area (Å²) in [7, 11) is -3.59. The Morgan fingerprint density at radius 2 is 1.75 bits per heavy atom. The Kier molecular flexibility index (Phi) is 6.69. The summed E-state index contributed by atoms with van der Waals surface area (Å²) in [5.74, 6) is -0.214. The first-order chi connectivity index (χ1) is 15.3. The highest BCUT2D eigenvalue weighted by molar-refractivity contribution is 7.89. The number of amides is 2. The number of nitrogens with zero attached hydrogens (tertiary/aromatic N) is 3. The van der Waals surface area contributed by atoms with E-state index in [0.717, 1.165) is 24.0 Å². The van der Waals surface area contributed by atoms with E-state index in [0.29, 0.717) is 36.0 Å². The first kappa shape index (κ1) is 22.9. The van der Waals surface area contributed by atoms with Crippen LogP contribution in [0, 0.1) is 19.8 Å². The maximum atomic E-state index is 13.2. The monoisotopic (exact) mass is 475 g/mol. The molecule has 0 unspecified atom stereocenters. The van der Waals surface area contributed by atoms with E-state index in [-0.39, 0.29) is 30.8 Å². The van der Waals surface area contributed by atoms with E-state index in [2.05, 4.69) is 0 Å². The van der Waals surface area contributed by atoms with Crippen LogP contribution in [0.1, 0.15) is 33.6 Å². The van der Waals surface area contributed by atoms with Gasteiger partial charge in [0.05, 0.1) is 15.7 Å². The Morgan fingerprint density at radius 1 is 1.00 bits per heavy atom. The highest BCUT2D eigenvalue weighted by Gasteiger charge is 2.35. The molecule has 2 aromatic rings. The smallest absolute Gasteiger partial charge is 0.263 e. The van der Waals surface area contributed by atoms with Crippen molar-refractivity contribution in [3.63, 3.8) is 0 Å². The molecule has 2 fully saturated rings. The van der Waals surface area contributed by atoms with Gasteiger partial charge >= 0.3 is 0 Å². The molecular weight excluding hydrogens is 446 g/mol. The Bertz CT molecular complexity index is 1090. The van der Waals surface area contributed by atoms with Crippen molar-refractivity contribution in [3.05, 3.63) is 51.7 Å². The fourth-order valence-corrected chi connectivity index (χ4v) is 6.87. The number of thiophene rings is 1. The van der Waals surface area contributed by atoms with Crippen LogP contribution in [-0.4, -0.2) is 73.6 Å². The van der Waals surface area contributed by atoms with Gasteiger partial charge in [-0.3, -0.25) is 9.59 Å². The number of hydrogen-bond donors (Lipinski definition) is 0. The molecule has 4 rings (SSSR count). The van der Waals surface area contributed by atoms with Crippen LogP contribution in [0.3, 0.4) is 0 Å². The molecule has 32 heavy (non-hydrogen) atoms. The minimum absolute atomic E-state index is 0.0121. The van der Waals surface area contributed by atoms with Crippen LogP contribution in [0.5, 0.6) is 0 Å². The summed E-state index contributed by atoms with van der Waals surface area (Å²) in [5, 5.41) is 1.88. The molecule has 0 bridgehead atoms. The first-order valence-corrected chi connectivity index (χ1v) is 13.3. The number of sulfonamides is 1. The zero-order chi connectivity index (χ0) is 22.9. The molecule has 7 nitrogen and oxygen atoms in total. The zero-order valence-corrected chi connectivity index (χ0v) is 20.1. The van der Waals surface area contributed by atoms with Gasteiger partial charge in [0.1, 0.15) is 0 Å². The Labute approximate surface area is 193 Å². The van der Waals surface area contributed by atoms with E-state index in [9.17, 15) is 18.0 Å². The maximum absolute atomic E-state index is 13.2. The van der Waals surface area contributed by atoms with Gasteiger partial charge in [-0.2, -0.15) is 4.31 Å². The second-order valence-corrected chi connectivity index (χ2v) is 11.4. The van der Waals surface area contributed by atoms with E-state index >= 15 is 0 Å². The lowest BCUT2D eigenvalue weighted by Crippen LogP contribution is -2.54. The van der Waals surface area contributed by atoms with Crippen LogP contribution in [0.4, 0.5) is 0 Å². The van der Waals surface area contributed by atoms with E-state index in [1.54, 1.807) is 22.8 Å². The van der Waals surface area contributed by atoms with Crippen molar-refractivity contribution in [1.29, 1.82) is 0 Å². The number of likely N-dealkylation sites (tertiary alicyclic amines) is 1. The van der Waals surface area contributed by atoms with Crippen LogP contribution >= 0.6 is 11.3 Å². The lowest BCUT2D eigenvalue weighted by molar-refractivity contribution is -0.138. The van der Waals surface area contributed by atoms with Crippen molar-refractivity contribution in [2.75, 3.05) is 39.3 Å². The number of carbonyl (C=O) groups is 2. The van der Waals surface area contributed by atoms with Gasteiger partial charge in [0.25, 0.3) is 5.91 Å². The topological polar surface area (TPSA) is 78.0 Å². The molecule has 1 aromatic carbocycles. The predicted molar refractivity (Wildman–Crippen MR) is 124 cm³/mol. The van der Waals surface area contributed by atoms with Crippen LogP contribution in [-0.2, 0) is 14.8 Å². The summed E-state index contributed by atoms with van der Waals surface area (Å²) in [4.78, 5) is 30.4. The molecule has 2 aliphatic rings. The summed E-state index contributed by atoms with van der Waals surface area (Å²) in [6, 6.07) is 9.11. The number of benzene rings is 1. The van der Waals surface area contributed by atoms with Gasteiger partial charge in [0.15, 0.2) is 0 Å². The Morgan fingerprint density at radius 3 is 2.44 bits per heavy atom. The minimum Gasteiger partial charge on any atom is -0.340 e. The average molecular weight is 476 g/mol. The van der Waals surface area contributed by atoms with Gasteiger partial charge in [0, 0.05) is 39.3 Å². The molecule has 0 radical (unpaired) electrons. The maximum Gasteiger partial charge on any atom is 0.263 e. The fourth-order valence-electron chi connectivity index (χ4n) is 4.45. The highest BCUT2D eigenvalue weighted by atomic mass is 32.2. The molecule has 2 amide bonds. The number of aryl methyl sites for hydroxylation is 2. The molecule has 9 heteroatoms. The summed E-state index contributed by atoms with van der Waals surface area (Å²) in [6.07, 6.45) is 1.56. The number of rotatable bonds is 4. The third-order valence-corrected chi connectivity index (χ3v) is 9.20. The van der Waals surface area contributed by atoms with Crippen LogP contribution < -0.4 is 0 Å². The largest absolute Gasteiger partial charge is 0.340 e. The zero-order valence-electron chi connectivity index (χ0n) is 18.5.